The first-order chi connectivity index (χ1) is 6.79. The molecule has 4 heteroatoms. The van der Waals surface area contributed by atoms with Crippen LogP contribution in [0, 0.1) is 0 Å². The zero-order valence-electron chi connectivity index (χ0n) is 7.78. The fourth-order valence-corrected chi connectivity index (χ4v) is 3.34. The van der Waals surface area contributed by atoms with Crippen molar-refractivity contribution in [3.63, 3.8) is 0 Å². The van der Waals surface area contributed by atoms with E-state index in [0.717, 1.165) is 35.2 Å². The van der Waals surface area contributed by atoms with Crippen molar-refractivity contribution in [2.45, 2.75) is 31.5 Å². The van der Waals surface area contributed by atoms with Crippen LogP contribution in [-0.4, -0.2) is 17.8 Å². The van der Waals surface area contributed by atoms with E-state index in [1.54, 1.807) is 11.3 Å². The molecule has 2 unspecified atom stereocenters. The predicted octanol–water partition coefficient (Wildman–Crippen LogP) is 3.11. The quantitative estimate of drug-likeness (QED) is 0.900. The monoisotopic (exact) mass is 276 g/mol. The molecule has 1 N–H and O–H groups in total. The summed E-state index contributed by atoms with van der Waals surface area (Å²) in [5, 5.41) is 12.0. The van der Waals surface area contributed by atoms with Crippen molar-refractivity contribution in [2.75, 3.05) is 6.61 Å². The fraction of sp³-hybridized carbons (Fsp3) is 0.600. The number of rotatable bonds is 2. The Morgan fingerprint density at radius 2 is 2.43 bits per heavy atom. The highest BCUT2D eigenvalue weighted by atomic mass is 79.9. The van der Waals surface area contributed by atoms with Crippen molar-refractivity contribution < 1.29 is 9.84 Å². The van der Waals surface area contributed by atoms with Gasteiger partial charge in [-0.15, -0.1) is 11.3 Å². The van der Waals surface area contributed by atoms with Gasteiger partial charge in [-0.2, -0.15) is 0 Å². The molecule has 2 nitrogen and oxygen atoms in total. The third-order valence-electron chi connectivity index (χ3n) is 2.48. The summed E-state index contributed by atoms with van der Waals surface area (Å²) in [6.07, 6.45) is 2.76. The molecular weight excluding hydrogens is 264 g/mol. The van der Waals surface area contributed by atoms with Crippen molar-refractivity contribution in [1.29, 1.82) is 0 Å². The number of hydrogen-bond donors (Lipinski definition) is 1. The average Bonchev–Trinajstić information content (AvgIpc) is 2.65. The van der Waals surface area contributed by atoms with Gasteiger partial charge in [0.05, 0.1) is 6.10 Å². The fourth-order valence-electron chi connectivity index (χ4n) is 1.70. The van der Waals surface area contributed by atoms with Crippen molar-refractivity contribution in [1.82, 2.24) is 0 Å². The van der Waals surface area contributed by atoms with Crippen molar-refractivity contribution in [3.8, 4) is 0 Å². The molecule has 1 fully saturated rings. The number of aliphatic hydroxyl groups is 1. The zero-order valence-corrected chi connectivity index (χ0v) is 10.2. The Bertz CT molecular complexity index is 294. The number of aliphatic hydroxyl groups excluding tert-OH is 1. The Kier molecular flexibility index (Phi) is 3.60. The molecular formula is C10H13BrO2S. The molecule has 2 rings (SSSR count). The number of halogens is 1. The lowest BCUT2D eigenvalue weighted by molar-refractivity contribution is -0.0622. The normalized spacial score (nSPS) is 24.9. The van der Waals surface area contributed by atoms with E-state index in [9.17, 15) is 5.11 Å². The van der Waals surface area contributed by atoms with Crippen LogP contribution in [0.1, 0.15) is 30.2 Å². The van der Waals surface area contributed by atoms with Crippen LogP contribution in [0.5, 0.6) is 0 Å². The lowest BCUT2D eigenvalue weighted by atomic mass is 10.0. The highest BCUT2D eigenvalue weighted by molar-refractivity contribution is 9.10. The SMILES string of the molecule is OC(c1sccc1Br)C1CCCCO1. The van der Waals surface area contributed by atoms with E-state index in [0.29, 0.717) is 0 Å². The molecule has 0 amide bonds. The number of hydrogen-bond acceptors (Lipinski definition) is 3. The van der Waals surface area contributed by atoms with Crippen molar-refractivity contribution in [2.24, 2.45) is 0 Å². The van der Waals surface area contributed by atoms with Gasteiger partial charge in [0.2, 0.25) is 0 Å². The molecule has 1 aromatic rings. The Balaban J connectivity index is 2.07. The van der Waals surface area contributed by atoms with E-state index in [-0.39, 0.29) is 6.10 Å². The van der Waals surface area contributed by atoms with E-state index in [1.165, 1.54) is 0 Å². The summed E-state index contributed by atoms with van der Waals surface area (Å²) in [7, 11) is 0. The first-order valence-corrected chi connectivity index (χ1v) is 6.49. The Morgan fingerprint density at radius 3 is 3.00 bits per heavy atom. The summed E-state index contributed by atoms with van der Waals surface area (Å²) in [4.78, 5) is 0.983. The third kappa shape index (κ3) is 2.19. The molecule has 2 heterocycles. The summed E-state index contributed by atoms with van der Waals surface area (Å²) in [5.41, 5.74) is 0. The molecule has 1 aliphatic rings. The summed E-state index contributed by atoms with van der Waals surface area (Å²) < 4.78 is 6.54. The molecule has 1 aromatic heterocycles. The Labute approximate surface area is 96.0 Å². The number of ether oxygens (including phenoxy) is 1. The first kappa shape index (κ1) is 10.6. The molecule has 1 saturated heterocycles. The van der Waals surface area contributed by atoms with E-state index < -0.39 is 6.10 Å². The van der Waals surface area contributed by atoms with E-state index >= 15 is 0 Å². The summed E-state index contributed by atoms with van der Waals surface area (Å²) in [6, 6.07) is 1.96. The molecule has 0 bridgehead atoms. The second kappa shape index (κ2) is 4.75. The first-order valence-electron chi connectivity index (χ1n) is 4.81. The lowest BCUT2D eigenvalue weighted by Crippen LogP contribution is -2.25. The molecule has 0 spiro atoms. The van der Waals surface area contributed by atoms with Crippen LogP contribution in [0.15, 0.2) is 15.9 Å². The molecule has 0 saturated carbocycles. The zero-order chi connectivity index (χ0) is 9.97. The molecule has 0 aliphatic carbocycles. The van der Waals surface area contributed by atoms with Crippen LogP contribution in [0.2, 0.25) is 0 Å². The van der Waals surface area contributed by atoms with E-state index in [2.05, 4.69) is 15.9 Å². The molecule has 14 heavy (non-hydrogen) atoms. The Morgan fingerprint density at radius 1 is 1.57 bits per heavy atom. The van der Waals surface area contributed by atoms with Gasteiger partial charge in [0.15, 0.2) is 0 Å². The van der Waals surface area contributed by atoms with Gasteiger partial charge in [0, 0.05) is 16.0 Å². The van der Waals surface area contributed by atoms with Crippen LogP contribution < -0.4 is 0 Å². The van der Waals surface area contributed by atoms with Crippen LogP contribution in [0.25, 0.3) is 0 Å². The minimum atomic E-state index is -0.468. The van der Waals surface area contributed by atoms with Gasteiger partial charge in [-0.05, 0) is 46.6 Å². The lowest BCUT2D eigenvalue weighted by Gasteiger charge is -2.26. The molecule has 0 radical (unpaired) electrons. The van der Waals surface area contributed by atoms with Gasteiger partial charge in [0.1, 0.15) is 6.10 Å². The Hall–Kier alpha value is 0.1000. The highest BCUT2D eigenvalue weighted by Crippen LogP contribution is 2.34. The predicted molar refractivity (Wildman–Crippen MR) is 60.6 cm³/mol. The molecule has 78 valence electrons. The third-order valence-corrected chi connectivity index (χ3v) is 4.42. The molecule has 0 aromatic carbocycles. The van der Waals surface area contributed by atoms with Gasteiger partial charge in [0.25, 0.3) is 0 Å². The highest BCUT2D eigenvalue weighted by Gasteiger charge is 2.26. The maximum absolute atomic E-state index is 10.1. The molecule has 2 atom stereocenters. The van der Waals surface area contributed by atoms with Crippen molar-refractivity contribution >= 4 is 27.3 Å². The topological polar surface area (TPSA) is 29.5 Å². The second-order valence-electron chi connectivity index (χ2n) is 3.48. The van der Waals surface area contributed by atoms with Gasteiger partial charge in [-0.25, -0.2) is 0 Å². The smallest absolute Gasteiger partial charge is 0.115 e. The van der Waals surface area contributed by atoms with Gasteiger partial charge >= 0.3 is 0 Å². The van der Waals surface area contributed by atoms with E-state index in [4.69, 9.17) is 4.74 Å². The minimum absolute atomic E-state index is 0.0151. The number of thiophene rings is 1. The van der Waals surface area contributed by atoms with Gasteiger partial charge < -0.3 is 9.84 Å². The standard InChI is InChI=1S/C10H13BrO2S/c11-7-4-6-14-10(7)9(12)8-3-1-2-5-13-8/h4,6,8-9,12H,1-3,5H2. The van der Waals surface area contributed by atoms with E-state index in [1.807, 2.05) is 11.4 Å². The maximum Gasteiger partial charge on any atom is 0.115 e. The minimum Gasteiger partial charge on any atom is -0.385 e. The van der Waals surface area contributed by atoms with Crippen molar-refractivity contribution in [3.05, 3.63) is 20.8 Å². The van der Waals surface area contributed by atoms with Crippen LogP contribution in [0.4, 0.5) is 0 Å². The molecule has 1 aliphatic heterocycles. The largest absolute Gasteiger partial charge is 0.385 e. The van der Waals surface area contributed by atoms with Gasteiger partial charge in [-0.1, -0.05) is 0 Å². The average molecular weight is 277 g/mol. The summed E-state index contributed by atoms with van der Waals surface area (Å²) >= 11 is 5.00. The second-order valence-corrected chi connectivity index (χ2v) is 5.28. The maximum atomic E-state index is 10.1. The summed E-state index contributed by atoms with van der Waals surface area (Å²) in [6.45, 7) is 0.782. The van der Waals surface area contributed by atoms with Gasteiger partial charge in [-0.3, -0.25) is 0 Å². The van der Waals surface area contributed by atoms with Crippen LogP contribution in [0.3, 0.4) is 0 Å². The van der Waals surface area contributed by atoms with Crippen LogP contribution >= 0.6 is 27.3 Å². The summed E-state index contributed by atoms with van der Waals surface area (Å²) in [5.74, 6) is 0. The van der Waals surface area contributed by atoms with Crippen LogP contribution in [-0.2, 0) is 4.74 Å².